The van der Waals surface area contributed by atoms with Gasteiger partial charge in [-0.05, 0) is 136 Å². The minimum atomic E-state index is 0. The molecule has 0 unspecified atom stereocenters. The first-order chi connectivity index (χ1) is 35.0. The number of aromatic nitrogens is 4. The van der Waals surface area contributed by atoms with Gasteiger partial charge in [-0.3, -0.25) is 9.97 Å². The molecule has 10 aromatic rings. The van der Waals surface area contributed by atoms with Crippen molar-refractivity contribution in [2.75, 3.05) is 0 Å². The molecule has 73 heavy (non-hydrogen) atoms. The molecule has 4 heterocycles. The van der Waals surface area contributed by atoms with Gasteiger partial charge in [0.15, 0.2) is 0 Å². The van der Waals surface area contributed by atoms with Crippen molar-refractivity contribution in [3.05, 3.63) is 192 Å². The molecule has 0 aliphatic heterocycles. The first-order valence-electron chi connectivity index (χ1n) is 26.5. The van der Waals surface area contributed by atoms with Crippen molar-refractivity contribution in [2.24, 2.45) is 0 Å². The van der Waals surface area contributed by atoms with Crippen molar-refractivity contribution in [1.29, 1.82) is 0 Å². The van der Waals surface area contributed by atoms with Crippen molar-refractivity contribution in [1.82, 2.24) is 19.5 Å². The van der Waals surface area contributed by atoms with Crippen LogP contribution in [0.3, 0.4) is 0 Å². The first-order valence-corrected chi connectivity index (χ1v) is 26.5. The molecule has 6 aromatic carbocycles. The Bertz CT molecular complexity index is 3450. The van der Waals surface area contributed by atoms with Crippen molar-refractivity contribution < 1.29 is 24.5 Å². The SMILES string of the molecule is CC(C)(C)c1ccc(-c2[c-]cccc2)nc1.CC(C)c1cc(-c2ccccc2)cc(C(C)C)c1-n1c(-c2[c-]ccc3c2oc2cc(-c4cc(C5CCCC5)cc(C5CCCC5)c4)ncc23)nc2ccccc21.[Ir]. The summed E-state index contributed by atoms with van der Waals surface area (Å²) in [6.45, 7) is 15.8. The molecule has 0 amide bonds. The van der Waals surface area contributed by atoms with E-state index in [2.05, 4.69) is 179 Å². The van der Waals surface area contributed by atoms with Gasteiger partial charge in [0.1, 0.15) is 5.58 Å². The average Bonchev–Trinajstić information content (AvgIpc) is 4.26. The van der Waals surface area contributed by atoms with Crippen LogP contribution in [0, 0.1) is 12.1 Å². The molecule has 0 bridgehead atoms. The number of fused-ring (bicyclic) bond motifs is 4. The standard InChI is InChI=1S/C52H50N3O.C15H16N.Ir/c1-32(2)43-28-39(36-15-6-5-7-16-36)29-44(33(3)4)50(43)55-48-24-13-12-23-46(48)54-52(55)42-22-14-21-41-45-31-53-47(30-49(45)56-51(41)42)40-26-37(34-17-8-9-18-34)25-38(27-40)35-19-10-11-20-35;1-15(2,3)13-9-10-14(16-11-13)12-7-5-4-6-8-12;/h5-7,12-16,21,23-35H,8-11,17-20H2,1-4H3;4-7,9-11H,1-3H3;/q2*-1;. The second kappa shape index (κ2) is 21.2. The molecule has 0 saturated heterocycles. The number of imidazole rings is 1. The normalized spacial score (nSPS) is 14.4. The number of para-hydroxylation sites is 2. The maximum atomic E-state index is 6.95. The monoisotopic (exact) mass is 1140 g/mol. The number of furan rings is 1. The molecule has 12 rings (SSSR count). The molecule has 4 aromatic heterocycles. The van der Waals surface area contributed by atoms with Crippen LogP contribution in [-0.4, -0.2) is 19.5 Å². The Morgan fingerprint density at radius 1 is 0.589 bits per heavy atom. The van der Waals surface area contributed by atoms with Gasteiger partial charge in [0.25, 0.3) is 0 Å². The minimum absolute atomic E-state index is 0. The third kappa shape index (κ3) is 10.1. The Kier molecular flexibility index (Phi) is 14.5. The first kappa shape index (κ1) is 50.1. The predicted octanol–water partition coefficient (Wildman–Crippen LogP) is 18.5. The summed E-state index contributed by atoms with van der Waals surface area (Å²) >= 11 is 0. The summed E-state index contributed by atoms with van der Waals surface area (Å²) in [6, 6.07) is 56.6. The maximum Gasteiger partial charge on any atom is 0.124 e. The fourth-order valence-electron chi connectivity index (χ4n) is 11.4. The van der Waals surface area contributed by atoms with Gasteiger partial charge in [0.2, 0.25) is 0 Å². The minimum Gasteiger partial charge on any atom is -0.500 e. The number of pyridine rings is 2. The molecule has 5 nitrogen and oxygen atoms in total. The third-order valence-corrected chi connectivity index (χ3v) is 15.4. The molecule has 2 fully saturated rings. The molecule has 2 saturated carbocycles. The Morgan fingerprint density at radius 3 is 1.85 bits per heavy atom. The smallest absolute Gasteiger partial charge is 0.124 e. The van der Waals surface area contributed by atoms with E-state index >= 15 is 0 Å². The molecule has 2 aliphatic carbocycles. The van der Waals surface area contributed by atoms with E-state index in [0.717, 1.165) is 61.3 Å². The zero-order valence-corrected chi connectivity index (χ0v) is 45.8. The van der Waals surface area contributed by atoms with Crippen LogP contribution in [0.5, 0.6) is 0 Å². The van der Waals surface area contributed by atoms with E-state index in [9.17, 15) is 0 Å². The van der Waals surface area contributed by atoms with E-state index in [-0.39, 0.29) is 37.4 Å². The van der Waals surface area contributed by atoms with Gasteiger partial charge in [-0.2, -0.15) is 0 Å². The van der Waals surface area contributed by atoms with E-state index in [1.807, 2.05) is 42.7 Å². The van der Waals surface area contributed by atoms with Crippen LogP contribution in [0.15, 0.2) is 156 Å². The molecular formula is C67H66IrN4O-2. The Hall–Kier alpha value is -6.46. The molecule has 6 heteroatoms. The topological polar surface area (TPSA) is 56.7 Å². The van der Waals surface area contributed by atoms with Gasteiger partial charge in [-0.25, -0.2) is 0 Å². The number of hydrogen-bond donors (Lipinski definition) is 0. The number of benzene rings is 6. The van der Waals surface area contributed by atoms with Crippen LogP contribution >= 0.6 is 0 Å². The quantitative estimate of drug-likeness (QED) is 0.135. The van der Waals surface area contributed by atoms with Crippen LogP contribution in [0.4, 0.5) is 0 Å². The Morgan fingerprint density at radius 2 is 1.23 bits per heavy atom. The molecule has 0 N–H and O–H groups in total. The second-order valence-electron chi connectivity index (χ2n) is 22.0. The van der Waals surface area contributed by atoms with Gasteiger partial charge in [-0.1, -0.05) is 146 Å². The van der Waals surface area contributed by atoms with Crippen LogP contribution < -0.4 is 0 Å². The van der Waals surface area contributed by atoms with Crippen molar-refractivity contribution in [2.45, 2.75) is 129 Å². The van der Waals surface area contributed by atoms with Crippen LogP contribution in [0.1, 0.15) is 151 Å². The van der Waals surface area contributed by atoms with Crippen LogP contribution in [0.2, 0.25) is 0 Å². The number of nitrogens with zero attached hydrogens (tertiary/aromatic N) is 4. The second-order valence-corrected chi connectivity index (χ2v) is 22.0. The molecule has 1 radical (unpaired) electrons. The van der Waals surface area contributed by atoms with E-state index in [1.54, 1.807) is 0 Å². The van der Waals surface area contributed by atoms with Crippen LogP contribution in [-0.2, 0) is 25.5 Å². The third-order valence-electron chi connectivity index (χ3n) is 15.4. The molecule has 371 valence electrons. The predicted molar refractivity (Wildman–Crippen MR) is 299 cm³/mol. The van der Waals surface area contributed by atoms with Gasteiger partial charge >= 0.3 is 0 Å². The molecule has 2 aliphatic rings. The fourth-order valence-corrected chi connectivity index (χ4v) is 11.4. The average molecular weight is 1140 g/mol. The molecule has 0 atom stereocenters. The maximum absolute atomic E-state index is 6.95. The van der Waals surface area contributed by atoms with Gasteiger partial charge in [-0.15, -0.1) is 54.1 Å². The van der Waals surface area contributed by atoms with E-state index in [1.165, 1.54) is 102 Å². The van der Waals surface area contributed by atoms with E-state index in [4.69, 9.17) is 14.4 Å². The fraction of sp³-hybridized carbons (Fsp3) is 0.299. The van der Waals surface area contributed by atoms with Crippen molar-refractivity contribution in [3.8, 4) is 50.7 Å². The van der Waals surface area contributed by atoms with Gasteiger partial charge in [0, 0.05) is 55.2 Å². The summed E-state index contributed by atoms with van der Waals surface area (Å²) in [7, 11) is 0. The van der Waals surface area contributed by atoms with Crippen LogP contribution in [0.25, 0.3) is 83.7 Å². The summed E-state index contributed by atoms with van der Waals surface area (Å²) < 4.78 is 9.34. The summed E-state index contributed by atoms with van der Waals surface area (Å²) in [5.41, 5.74) is 19.4. The van der Waals surface area contributed by atoms with E-state index < -0.39 is 0 Å². The molecule has 0 spiro atoms. The number of rotatable bonds is 9. The summed E-state index contributed by atoms with van der Waals surface area (Å²) in [5, 5.41) is 2.05. The zero-order chi connectivity index (χ0) is 49.5. The molecular weight excluding hydrogens is 1070 g/mol. The largest absolute Gasteiger partial charge is 0.500 e. The van der Waals surface area contributed by atoms with Gasteiger partial charge in [0.05, 0.1) is 28.1 Å². The summed E-state index contributed by atoms with van der Waals surface area (Å²) in [5.74, 6) is 2.70. The Balaban J connectivity index is 0.000000307. The summed E-state index contributed by atoms with van der Waals surface area (Å²) in [4.78, 5) is 15.0. The number of hydrogen-bond acceptors (Lipinski definition) is 4. The summed E-state index contributed by atoms with van der Waals surface area (Å²) in [6.07, 6.45) is 14.5. The van der Waals surface area contributed by atoms with Crippen molar-refractivity contribution in [3.63, 3.8) is 0 Å². The Labute approximate surface area is 445 Å². The van der Waals surface area contributed by atoms with Gasteiger partial charge < -0.3 is 14.0 Å². The van der Waals surface area contributed by atoms with E-state index in [0.29, 0.717) is 11.8 Å². The van der Waals surface area contributed by atoms with Crippen molar-refractivity contribution >= 4 is 33.0 Å². The zero-order valence-electron chi connectivity index (χ0n) is 43.4.